The van der Waals surface area contributed by atoms with E-state index in [4.69, 9.17) is 14.2 Å². The Hall–Kier alpha value is -1.68. The number of amides is 1. The quantitative estimate of drug-likeness (QED) is 0.751. The molecule has 0 saturated carbocycles. The second-order valence-electron chi connectivity index (χ2n) is 6.85. The number of carbonyl (C=O) groups is 1. The molecular weight excluding hydrogens is 372 g/mol. The van der Waals surface area contributed by atoms with Crippen LogP contribution in [0, 0.1) is 0 Å². The highest BCUT2D eigenvalue weighted by Gasteiger charge is 2.31. The lowest BCUT2D eigenvalue weighted by molar-refractivity contribution is -0.0586. The lowest BCUT2D eigenvalue weighted by Crippen LogP contribution is -2.48. The number of morpholine rings is 2. The monoisotopic (exact) mass is 398 g/mol. The summed E-state index contributed by atoms with van der Waals surface area (Å²) in [6, 6.07) is 4.43. The average Bonchev–Trinajstić information content (AvgIpc) is 2.66. The number of nitrogens with zero attached hydrogens (tertiary/aromatic N) is 2. The minimum Gasteiger partial charge on any atom is -0.496 e. The van der Waals surface area contributed by atoms with Gasteiger partial charge < -0.3 is 19.1 Å². The van der Waals surface area contributed by atoms with Gasteiger partial charge in [-0.05, 0) is 32.0 Å². The van der Waals surface area contributed by atoms with E-state index in [-0.39, 0.29) is 28.6 Å². The molecule has 2 aliphatic rings. The Balaban J connectivity index is 1.92. The van der Waals surface area contributed by atoms with E-state index in [1.165, 1.54) is 29.6 Å². The van der Waals surface area contributed by atoms with Crippen molar-refractivity contribution in [3.8, 4) is 5.75 Å². The van der Waals surface area contributed by atoms with Gasteiger partial charge in [-0.3, -0.25) is 4.79 Å². The third kappa shape index (κ3) is 4.26. The second-order valence-corrected chi connectivity index (χ2v) is 8.78. The van der Waals surface area contributed by atoms with Crippen molar-refractivity contribution in [1.82, 2.24) is 9.21 Å². The number of ether oxygens (including phenoxy) is 3. The van der Waals surface area contributed by atoms with Crippen LogP contribution in [0.3, 0.4) is 0 Å². The summed E-state index contributed by atoms with van der Waals surface area (Å²) < 4.78 is 43.5. The maximum atomic E-state index is 13.1. The molecule has 0 spiro atoms. The summed E-state index contributed by atoms with van der Waals surface area (Å²) in [5.74, 6) is 0.0978. The predicted molar refractivity (Wildman–Crippen MR) is 98.5 cm³/mol. The molecule has 0 radical (unpaired) electrons. The van der Waals surface area contributed by atoms with Gasteiger partial charge in [0.15, 0.2) is 0 Å². The van der Waals surface area contributed by atoms with Crippen LogP contribution in [0.4, 0.5) is 0 Å². The number of sulfonamides is 1. The van der Waals surface area contributed by atoms with Gasteiger partial charge in [-0.25, -0.2) is 8.42 Å². The molecule has 2 heterocycles. The number of methoxy groups -OCH3 is 1. The average molecular weight is 398 g/mol. The van der Waals surface area contributed by atoms with Crippen LogP contribution in [0.1, 0.15) is 24.2 Å². The lowest BCUT2D eigenvalue weighted by Gasteiger charge is -2.35. The normalized spacial score (nSPS) is 24.6. The van der Waals surface area contributed by atoms with Crippen molar-refractivity contribution in [1.29, 1.82) is 0 Å². The molecule has 0 unspecified atom stereocenters. The molecule has 2 saturated heterocycles. The van der Waals surface area contributed by atoms with Gasteiger partial charge in [0, 0.05) is 26.2 Å². The van der Waals surface area contributed by atoms with Crippen LogP contribution >= 0.6 is 0 Å². The zero-order valence-corrected chi connectivity index (χ0v) is 16.7. The largest absolute Gasteiger partial charge is 0.496 e. The first-order valence-corrected chi connectivity index (χ1v) is 10.5. The Kier molecular flexibility index (Phi) is 6.05. The summed E-state index contributed by atoms with van der Waals surface area (Å²) in [5, 5.41) is 0. The van der Waals surface area contributed by atoms with E-state index < -0.39 is 10.0 Å². The fourth-order valence-corrected chi connectivity index (χ4v) is 4.90. The highest BCUT2D eigenvalue weighted by Crippen LogP contribution is 2.27. The van der Waals surface area contributed by atoms with Crippen LogP contribution in [0.2, 0.25) is 0 Å². The Bertz CT molecular complexity index is 781. The highest BCUT2D eigenvalue weighted by atomic mass is 32.2. The third-order valence-electron chi connectivity index (χ3n) is 4.72. The summed E-state index contributed by atoms with van der Waals surface area (Å²) in [5.41, 5.74) is 0.244. The lowest BCUT2D eigenvalue weighted by atomic mass is 10.1. The van der Waals surface area contributed by atoms with Crippen LogP contribution in [0.15, 0.2) is 23.1 Å². The van der Waals surface area contributed by atoms with Gasteiger partial charge in [0.05, 0.1) is 43.0 Å². The summed E-state index contributed by atoms with van der Waals surface area (Å²) in [4.78, 5) is 14.9. The minimum atomic E-state index is -3.69. The van der Waals surface area contributed by atoms with Gasteiger partial charge in [0.1, 0.15) is 5.75 Å². The predicted octanol–water partition coefficient (Wildman–Crippen LogP) is 0.965. The summed E-state index contributed by atoms with van der Waals surface area (Å²) in [7, 11) is -2.23. The van der Waals surface area contributed by atoms with E-state index in [1.54, 1.807) is 4.90 Å². The molecule has 150 valence electrons. The molecule has 1 aromatic rings. The van der Waals surface area contributed by atoms with Crippen molar-refractivity contribution < 1.29 is 27.4 Å². The molecule has 8 nitrogen and oxygen atoms in total. The summed E-state index contributed by atoms with van der Waals surface area (Å²) in [6.45, 7) is 6.06. The molecule has 2 fully saturated rings. The van der Waals surface area contributed by atoms with Crippen LogP contribution in [-0.4, -0.2) is 82.2 Å². The van der Waals surface area contributed by atoms with Crippen molar-refractivity contribution in [2.45, 2.75) is 31.0 Å². The second kappa shape index (κ2) is 8.14. The fraction of sp³-hybridized carbons (Fsp3) is 0.611. The maximum Gasteiger partial charge on any atom is 0.257 e. The molecular formula is C18H26N2O6S. The zero-order chi connectivity index (χ0) is 19.6. The third-order valence-corrected chi connectivity index (χ3v) is 6.61. The van der Waals surface area contributed by atoms with E-state index in [9.17, 15) is 13.2 Å². The van der Waals surface area contributed by atoms with E-state index >= 15 is 0 Å². The van der Waals surface area contributed by atoms with Gasteiger partial charge in [-0.15, -0.1) is 0 Å². The van der Waals surface area contributed by atoms with Crippen LogP contribution < -0.4 is 4.74 Å². The highest BCUT2D eigenvalue weighted by molar-refractivity contribution is 7.89. The van der Waals surface area contributed by atoms with Gasteiger partial charge in [-0.1, -0.05) is 0 Å². The summed E-state index contributed by atoms with van der Waals surface area (Å²) in [6.07, 6.45) is -0.159. The Morgan fingerprint density at radius 3 is 2.37 bits per heavy atom. The van der Waals surface area contributed by atoms with Crippen molar-refractivity contribution in [3.05, 3.63) is 23.8 Å². The zero-order valence-electron chi connectivity index (χ0n) is 15.9. The van der Waals surface area contributed by atoms with Gasteiger partial charge in [0.25, 0.3) is 5.91 Å². The van der Waals surface area contributed by atoms with Crippen molar-refractivity contribution >= 4 is 15.9 Å². The van der Waals surface area contributed by atoms with Crippen LogP contribution in [-0.2, 0) is 19.5 Å². The Morgan fingerprint density at radius 2 is 1.78 bits per heavy atom. The van der Waals surface area contributed by atoms with E-state index in [2.05, 4.69) is 0 Å². The molecule has 3 rings (SSSR count). The molecule has 1 amide bonds. The van der Waals surface area contributed by atoms with E-state index in [1.807, 2.05) is 13.8 Å². The van der Waals surface area contributed by atoms with Gasteiger partial charge >= 0.3 is 0 Å². The topological polar surface area (TPSA) is 85.4 Å². The number of benzene rings is 1. The standard InChI is InChI=1S/C18H26N2O6S/c1-13-11-19(12-14(2)26-13)18(21)16-10-15(4-5-17(16)24-3)27(22,23)20-6-8-25-9-7-20/h4-5,10,13-14H,6-9,11-12H2,1-3H3/t13-,14-/m0/s1. The SMILES string of the molecule is COc1ccc(S(=O)(=O)N2CCOCC2)cc1C(=O)N1C[C@H](C)O[C@@H](C)C1. The molecule has 2 aliphatic heterocycles. The van der Waals surface area contributed by atoms with Gasteiger partial charge in [-0.2, -0.15) is 4.31 Å². The molecule has 1 aromatic carbocycles. The Labute approximate surface area is 160 Å². The molecule has 0 aromatic heterocycles. The number of carbonyl (C=O) groups excluding carboxylic acids is 1. The van der Waals surface area contributed by atoms with Crippen LogP contribution in [0.25, 0.3) is 0 Å². The van der Waals surface area contributed by atoms with Crippen molar-refractivity contribution in [2.24, 2.45) is 0 Å². The van der Waals surface area contributed by atoms with Crippen molar-refractivity contribution in [2.75, 3.05) is 46.5 Å². The number of hydrogen-bond donors (Lipinski definition) is 0. The molecule has 0 bridgehead atoms. The first kappa shape index (κ1) is 20.1. The number of rotatable bonds is 4. The van der Waals surface area contributed by atoms with E-state index in [0.717, 1.165) is 0 Å². The fourth-order valence-electron chi connectivity index (χ4n) is 3.46. The summed E-state index contributed by atoms with van der Waals surface area (Å²) >= 11 is 0. The Morgan fingerprint density at radius 1 is 1.15 bits per heavy atom. The minimum absolute atomic E-state index is 0.0797. The first-order chi connectivity index (χ1) is 12.8. The smallest absolute Gasteiger partial charge is 0.257 e. The van der Waals surface area contributed by atoms with Crippen LogP contribution in [0.5, 0.6) is 5.75 Å². The number of hydrogen-bond acceptors (Lipinski definition) is 6. The van der Waals surface area contributed by atoms with E-state index in [0.29, 0.717) is 45.1 Å². The molecule has 2 atom stereocenters. The van der Waals surface area contributed by atoms with Crippen molar-refractivity contribution in [3.63, 3.8) is 0 Å². The molecule has 27 heavy (non-hydrogen) atoms. The molecule has 0 N–H and O–H groups in total. The van der Waals surface area contributed by atoms with Gasteiger partial charge in [0.2, 0.25) is 10.0 Å². The maximum absolute atomic E-state index is 13.1. The first-order valence-electron chi connectivity index (χ1n) is 9.03. The molecule has 9 heteroatoms. The molecule has 0 aliphatic carbocycles.